The number of carbonyl (C=O) groups is 3. The van der Waals surface area contributed by atoms with Crippen LogP contribution >= 0.6 is 0 Å². The first-order valence-electron chi connectivity index (χ1n) is 11.8. The number of benzene rings is 1. The molecule has 198 valence electrons. The van der Waals surface area contributed by atoms with Crippen molar-refractivity contribution in [2.24, 2.45) is 7.05 Å². The first-order valence-corrected chi connectivity index (χ1v) is 11.8. The van der Waals surface area contributed by atoms with Gasteiger partial charge in [0.1, 0.15) is 11.9 Å². The Morgan fingerprint density at radius 2 is 2.08 bits per heavy atom. The molecule has 0 spiro atoms. The second-order valence-corrected chi connectivity index (χ2v) is 8.63. The predicted octanol–water partition coefficient (Wildman–Crippen LogP) is 1.48. The van der Waals surface area contributed by atoms with Crippen LogP contribution in [0.4, 0.5) is 25.6 Å². The molecule has 1 aromatic carbocycles. The molecular formula is C24H23FN6O7. The summed E-state index contributed by atoms with van der Waals surface area (Å²) in [4.78, 5) is 57.4. The SMILES string of the molecule is Cn1c(=O)ccc2ccc(F)c(CCOC(=O)NCC[C@@H]3CN(c4cnc5c(n4)NC(=O)CO5)C(=O)O3)c21. The lowest BCUT2D eigenvalue weighted by Gasteiger charge is -2.18. The van der Waals surface area contributed by atoms with Gasteiger partial charge in [-0.2, -0.15) is 0 Å². The summed E-state index contributed by atoms with van der Waals surface area (Å²) in [6.07, 6.45) is -0.158. The van der Waals surface area contributed by atoms with E-state index in [2.05, 4.69) is 20.6 Å². The molecule has 2 aliphatic heterocycles. The molecule has 2 N–H and O–H groups in total. The van der Waals surface area contributed by atoms with Crippen molar-refractivity contribution in [2.45, 2.75) is 18.9 Å². The van der Waals surface area contributed by atoms with Gasteiger partial charge in [0.15, 0.2) is 18.2 Å². The number of ether oxygens (including phenoxy) is 3. The van der Waals surface area contributed by atoms with E-state index in [1.165, 1.54) is 27.8 Å². The highest BCUT2D eigenvalue weighted by Crippen LogP contribution is 2.28. The van der Waals surface area contributed by atoms with Crippen LogP contribution < -0.4 is 25.8 Å². The number of nitrogens with zero attached hydrogens (tertiary/aromatic N) is 4. The fourth-order valence-electron chi connectivity index (χ4n) is 4.26. The summed E-state index contributed by atoms with van der Waals surface area (Å²) in [6, 6.07) is 5.93. The Morgan fingerprint density at radius 3 is 2.92 bits per heavy atom. The molecule has 0 aliphatic carbocycles. The summed E-state index contributed by atoms with van der Waals surface area (Å²) < 4.78 is 31.5. The number of aryl methyl sites for hydroxylation is 1. The molecule has 1 saturated heterocycles. The molecule has 0 unspecified atom stereocenters. The maximum atomic E-state index is 14.5. The van der Waals surface area contributed by atoms with Crippen LogP contribution in [0.5, 0.6) is 5.88 Å². The molecule has 38 heavy (non-hydrogen) atoms. The second-order valence-electron chi connectivity index (χ2n) is 8.63. The molecule has 13 nitrogen and oxygen atoms in total. The monoisotopic (exact) mass is 526 g/mol. The van der Waals surface area contributed by atoms with Crippen molar-refractivity contribution < 1.29 is 33.0 Å². The van der Waals surface area contributed by atoms with Crippen molar-refractivity contribution in [1.29, 1.82) is 0 Å². The summed E-state index contributed by atoms with van der Waals surface area (Å²) in [5, 5.41) is 5.80. The highest BCUT2D eigenvalue weighted by Gasteiger charge is 2.34. The number of hydrogen-bond donors (Lipinski definition) is 2. The largest absolute Gasteiger partial charge is 0.465 e. The van der Waals surface area contributed by atoms with Gasteiger partial charge in [0.2, 0.25) is 0 Å². The second kappa shape index (κ2) is 10.3. The van der Waals surface area contributed by atoms with E-state index < -0.39 is 24.1 Å². The van der Waals surface area contributed by atoms with Gasteiger partial charge in [0.05, 0.1) is 24.9 Å². The number of fused-ring (bicyclic) bond motifs is 2. The van der Waals surface area contributed by atoms with Crippen LogP contribution in [0.25, 0.3) is 10.9 Å². The molecule has 0 bridgehead atoms. The van der Waals surface area contributed by atoms with E-state index >= 15 is 0 Å². The van der Waals surface area contributed by atoms with Crippen molar-refractivity contribution in [3.63, 3.8) is 0 Å². The number of cyclic esters (lactones) is 1. The zero-order chi connectivity index (χ0) is 26.8. The van der Waals surface area contributed by atoms with Gasteiger partial charge in [0, 0.05) is 38.1 Å². The third-order valence-electron chi connectivity index (χ3n) is 6.12. The lowest BCUT2D eigenvalue weighted by Crippen LogP contribution is -2.31. The Bertz CT molecular complexity index is 1490. The molecule has 4 heterocycles. The average molecular weight is 526 g/mol. The lowest BCUT2D eigenvalue weighted by atomic mass is 10.1. The van der Waals surface area contributed by atoms with Gasteiger partial charge in [-0.25, -0.2) is 23.9 Å². The van der Waals surface area contributed by atoms with E-state index in [1.54, 1.807) is 19.2 Å². The third kappa shape index (κ3) is 5.05. The smallest absolute Gasteiger partial charge is 0.415 e. The predicted molar refractivity (Wildman–Crippen MR) is 131 cm³/mol. The Balaban J connectivity index is 1.10. The minimum atomic E-state index is -0.711. The molecule has 5 rings (SSSR count). The van der Waals surface area contributed by atoms with Crippen LogP contribution in [0.2, 0.25) is 0 Å². The molecule has 3 aromatic rings. The Hall–Kier alpha value is -4.75. The van der Waals surface area contributed by atoms with Crippen LogP contribution in [0, 0.1) is 5.82 Å². The van der Waals surface area contributed by atoms with Crippen molar-refractivity contribution >= 4 is 40.6 Å². The van der Waals surface area contributed by atoms with Crippen molar-refractivity contribution in [3.8, 4) is 5.88 Å². The summed E-state index contributed by atoms with van der Waals surface area (Å²) in [6.45, 7) is 0.0537. The molecule has 0 radical (unpaired) electrons. The number of halogens is 1. The van der Waals surface area contributed by atoms with E-state index in [0.717, 1.165) is 0 Å². The first kappa shape index (κ1) is 24.9. The van der Waals surface area contributed by atoms with Gasteiger partial charge in [-0.05, 0) is 23.6 Å². The van der Waals surface area contributed by atoms with Crippen molar-refractivity contribution in [3.05, 3.63) is 52.2 Å². The van der Waals surface area contributed by atoms with Gasteiger partial charge >= 0.3 is 12.2 Å². The van der Waals surface area contributed by atoms with Crippen LogP contribution in [-0.4, -0.2) is 65.0 Å². The van der Waals surface area contributed by atoms with Gasteiger partial charge in [-0.15, -0.1) is 0 Å². The minimum absolute atomic E-state index is 0.0798. The van der Waals surface area contributed by atoms with Crippen LogP contribution in [0.1, 0.15) is 12.0 Å². The standard InChI is InChI=1S/C24H23FN6O7/c1-30-19(33)5-3-13-2-4-16(25)15(20(13)30)7-9-36-23(34)26-8-6-14-11-31(24(35)38-14)17-10-27-22-21(28-17)29-18(32)12-37-22/h2-5,10,14H,6-9,11-12H2,1H3,(H,26,34)(H,28,29,32)/t14-/m1/s1. The maximum absolute atomic E-state index is 14.5. The summed E-state index contributed by atoms with van der Waals surface area (Å²) in [7, 11) is 1.56. The summed E-state index contributed by atoms with van der Waals surface area (Å²) >= 11 is 0. The zero-order valence-electron chi connectivity index (χ0n) is 20.2. The fourth-order valence-corrected chi connectivity index (χ4v) is 4.26. The Kier molecular flexibility index (Phi) is 6.77. The van der Waals surface area contributed by atoms with Crippen molar-refractivity contribution in [1.82, 2.24) is 19.9 Å². The number of aromatic nitrogens is 3. The number of alkyl carbamates (subject to hydrolysis) is 1. The van der Waals surface area contributed by atoms with Crippen LogP contribution in [0.15, 0.2) is 35.3 Å². The van der Waals surface area contributed by atoms with Crippen LogP contribution in [0.3, 0.4) is 0 Å². The number of amides is 3. The molecule has 1 atom stereocenters. The van der Waals surface area contributed by atoms with Crippen LogP contribution in [-0.2, 0) is 27.7 Å². The average Bonchev–Trinajstić information content (AvgIpc) is 3.27. The molecule has 1 fully saturated rings. The van der Waals surface area contributed by atoms with Gasteiger partial charge < -0.3 is 29.4 Å². The quantitative estimate of drug-likeness (QED) is 0.466. The molecule has 14 heteroatoms. The third-order valence-corrected chi connectivity index (χ3v) is 6.12. The van der Waals surface area contributed by atoms with Gasteiger partial charge in [-0.1, -0.05) is 0 Å². The van der Waals surface area contributed by atoms with Gasteiger partial charge in [-0.3, -0.25) is 14.5 Å². The van der Waals surface area contributed by atoms with E-state index in [1.807, 2.05) is 0 Å². The van der Waals surface area contributed by atoms with E-state index in [9.17, 15) is 23.6 Å². The fraction of sp³-hybridized carbons (Fsp3) is 0.333. The van der Waals surface area contributed by atoms with Crippen molar-refractivity contribution in [2.75, 3.05) is 36.5 Å². The number of hydrogen-bond acceptors (Lipinski definition) is 9. The number of carbonyl (C=O) groups excluding carboxylic acids is 3. The highest BCUT2D eigenvalue weighted by molar-refractivity contribution is 5.94. The highest BCUT2D eigenvalue weighted by atomic mass is 19.1. The molecule has 0 saturated carbocycles. The van der Waals surface area contributed by atoms with E-state index in [4.69, 9.17) is 14.2 Å². The number of anilines is 2. The normalized spacial score (nSPS) is 16.5. The molecule has 2 aliphatic rings. The molecule has 3 amide bonds. The topological polar surface area (TPSA) is 154 Å². The van der Waals surface area contributed by atoms with E-state index in [-0.39, 0.29) is 67.3 Å². The summed E-state index contributed by atoms with van der Waals surface area (Å²) in [5.41, 5.74) is 0.464. The Morgan fingerprint density at radius 1 is 1.26 bits per heavy atom. The maximum Gasteiger partial charge on any atom is 0.415 e. The number of rotatable bonds is 7. The lowest BCUT2D eigenvalue weighted by molar-refractivity contribution is -0.118. The number of nitrogens with one attached hydrogen (secondary N) is 2. The molecular weight excluding hydrogens is 503 g/mol. The number of pyridine rings is 1. The Labute approximate surface area is 214 Å². The zero-order valence-corrected chi connectivity index (χ0v) is 20.2. The van der Waals surface area contributed by atoms with E-state index in [0.29, 0.717) is 17.3 Å². The summed E-state index contributed by atoms with van der Waals surface area (Å²) in [5.74, 6) is -0.407. The molecule has 2 aromatic heterocycles. The first-order chi connectivity index (χ1) is 18.3. The van der Waals surface area contributed by atoms with Gasteiger partial charge in [0.25, 0.3) is 17.3 Å². The minimum Gasteiger partial charge on any atom is -0.465 e.